The topological polar surface area (TPSA) is 38.9 Å². The van der Waals surface area contributed by atoms with Gasteiger partial charge in [0.25, 0.3) is 0 Å². The number of benzene rings is 5. The van der Waals surface area contributed by atoms with Gasteiger partial charge in [-0.25, -0.2) is 4.98 Å². The van der Waals surface area contributed by atoms with E-state index in [2.05, 4.69) is 84.9 Å². The molecule has 2 nitrogen and oxygen atoms in total. The molecule has 168 valence electrons. The number of anilines is 1. The lowest BCUT2D eigenvalue weighted by atomic mass is 9.95. The summed E-state index contributed by atoms with van der Waals surface area (Å²) >= 11 is 1.75. The molecule has 1 aliphatic rings. The molecule has 0 radical (unpaired) electrons. The lowest BCUT2D eigenvalue weighted by Gasteiger charge is -2.09. The average Bonchev–Trinajstić information content (AvgIpc) is 3.51. The number of fused-ring (bicyclic) bond motifs is 4. The maximum atomic E-state index is 5.36. The Labute approximate surface area is 209 Å². The minimum Gasteiger partial charge on any atom is -0.399 e. The van der Waals surface area contributed by atoms with Crippen LogP contribution in [0.1, 0.15) is 11.1 Å². The maximum Gasteiger partial charge on any atom is 0.124 e. The van der Waals surface area contributed by atoms with Crippen molar-refractivity contribution < 1.29 is 0 Å². The van der Waals surface area contributed by atoms with E-state index in [9.17, 15) is 0 Å². The number of nitrogens with two attached hydrogens (primary N) is 1. The van der Waals surface area contributed by atoms with Crippen molar-refractivity contribution in [3.05, 3.63) is 132 Å². The van der Waals surface area contributed by atoms with Crippen molar-refractivity contribution in [2.45, 2.75) is 6.42 Å². The largest absolute Gasteiger partial charge is 0.399 e. The van der Waals surface area contributed by atoms with Crippen molar-refractivity contribution in [1.82, 2.24) is 4.98 Å². The first-order valence-corrected chi connectivity index (χ1v) is 12.5. The molecule has 0 unspecified atom stereocenters. The highest BCUT2D eigenvalue weighted by Crippen LogP contribution is 2.41. The summed E-state index contributed by atoms with van der Waals surface area (Å²) in [5.41, 5.74) is 16.7. The van der Waals surface area contributed by atoms with Gasteiger partial charge in [-0.2, -0.15) is 0 Å². The number of thiazole rings is 1. The molecule has 35 heavy (non-hydrogen) atoms. The van der Waals surface area contributed by atoms with Crippen molar-refractivity contribution in [3.63, 3.8) is 0 Å². The van der Waals surface area contributed by atoms with Gasteiger partial charge in [-0.1, -0.05) is 97.1 Å². The highest BCUT2D eigenvalue weighted by Gasteiger charge is 2.20. The summed E-state index contributed by atoms with van der Waals surface area (Å²) in [5.74, 6) is 0. The zero-order chi connectivity index (χ0) is 23.6. The fraction of sp³-hybridized carbons (Fsp3) is 0.0312. The Morgan fingerprint density at radius 2 is 1.23 bits per heavy atom. The summed E-state index contributed by atoms with van der Waals surface area (Å²) in [4.78, 5) is 4.79. The Balaban J connectivity index is 0.000000284. The van der Waals surface area contributed by atoms with Gasteiger partial charge in [0, 0.05) is 11.3 Å². The molecule has 0 bridgehead atoms. The molecule has 0 aliphatic heterocycles. The van der Waals surface area contributed by atoms with E-state index in [0.717, 1.165) is 22.6 Å². The van der Waals surface area contributed by atoms with E-state index in [0.29, 0.717) is 0 Å². The van der Waals surface area contributed by atoms with Crippen LogP contribution in [0.15, 0.2) is 121 Å². The van der Waals surface area contributed by atoms with E-state index in [1.54, 1.807) is 11.3 Å². The third-order valence-electron chi connectivity index (χ3n) is 6.39. The van der Waals surface area contributed by atoms with Gasteiger partial charge < -0.3 is 5.73 Å². The van der Waals surface area contributed by atoms with Crippen LogP contribution in [0, 0.1) is 0 Å². The molecule has 7 rings (SSSR count). The number of rotatable bonds is 2. The molecule has 0 atom stereocenters. The summed E-state index contributed by atoms with van der Waals surface area (Å²) in [6.07, 6.45) is 1.02. The number of nitrogen functional groups attached to an aromatic ring is 1. The molecule has 1 aromatic heterocycles. The monoisotopic (exact) mass is 468 g/mol. The predicted molar refractivity (Wildman–Crippen MR) is 150 cm³/mol. The van der Waals surface area contributed by atoms with Crippen LogP contribution in [0.2, 0.25) is 0 Å². The van der Waals surface area contributed by atoms with Crippen LogP contribution in [-0.4, -0.2) is 4.98 Å². The standard InChI is InChI=1S/C26H17NS.C6H7N/c1-2-7-21-19(6-1)16-23-20(8-5-9-22(21)23)17-12-14-18(15-13-17)26-27-24-10-3-4-11-25(24)28-26;7-6-4-2-1-3-5-6/h1-15H,16H2;1-5H,7H2. The van der Waals surface area contributed by atoms with E-state index in [4.69, 9.17) is 10.7 Å². The quantitative estimate of drug-likeness (QED) is 0.258. The SMILES string of the molecule is Nc1ccccc1.c1ccc2c(c1)Cc1c(-c3ccc(-c4nc5ccccc5s4)cc3)cccc1-2. The molecule has 0 saturated carbocycles. The fourth-order valence-electron chi connectivity index (χ4n) is 4.67. The van der Waals surface area contributed by atoms with Gasteiger partial charge >= 0.3 is 0 Å². The van der Waals surface area contributed by atoms with Gasteiger partial charge in [0.05, 0.1) is 10.2 Å². The molecule has 2 N–H and O–H groups in total. The summed E-state index contributed by atoms with van der Waals surface area (Å²) in [5, 5.41) is 1.08. The molecule has 6 aromatic rings. The number of hydrogen-bond donors (Lipinski definition) is 1. The van der Waals surface area contributed by atoms with E-state index < -0.39 is 0 Å². The summed E-state index contributed by atoms with van der Waals surface area (Å²) < 4.78 is 1.24. The van der Waals surface area contributed by atoms with Gasteiger partial charge in [-0.05, 0) is 64.1 Å². The highest BCUT2D eigenvalue weighted by atomic mass is 32.1. The summed E-state index contributed by atoms with van der Waals surface area (Å²) in [7, 11) is 0. The fourth-order valence-corrected chi connectivity index (χ4v) is 5.64. The minimum absolute atomic E-state index is 0.822. The van der Waals surface area contributed by atoms with Crippen LogP contribution < -0.4 is 5.73 Å². The zero-order valence-electron chi connectivity index (χ0n) is 19.2. The number of aromatic nitrogens is 1. The second-order valence-electron chi connectivity index (χ2n) is 8.64. The Morgan fingerprint density at radius 1 is 0.571 bits per heavy atom. The van der Waals surface area contributed by atoms with Crippen LogP contribution in [0.4, 0.5) is 5.69 Å². The van der Waals surface area contributed by atoms with Gasteiger partial charge in [0.2, 0.25) is 0 Å². The average molecular weight is 469 g/mol. The third kappa shape index (κ3) is 4.23. The smallest absolute Gasteiger partial charge is 0.124 e. The molecule has 0 amide bonds. The zero-order valence-corrected chi connectivity index (χ0v) is 20.0. The second kappa shape index (κ2) is 9.21. The van der Waals surface area contributed by atoms with E-state index in [-0.39, 0.29) is 0 Å². The molecule has 0 fully saturated rings. The Bertz CT molecular complexity index is 1580. The molecular weight excluding hydrogens is 444 g/mol. The lowest BCUT2D eigenvalue weighted by Crippen LogP contribution is -1.88. The van der Waals surface area contributed by atoms with Crippen LogP contribution in [0.5, 0.6) is 0 Å². The Kier molecular flexibility index (Phi) is 5.61. The molecular formula is C32H24N2S. The van der Waals surface area contributed by atoms with Crippen LogP contribution in [0.3, 0.4) is 0 Å². The molecule has 0 spiro atoms. The summed E-state index contributed by atoms with van der Waals surface area (Å²) in [6, 6.07) is 42.1. The first kappa shape index (κ1) is 21.3. The predicted octanol–water partition coefficient (Wildman–Crippen LogP) is 8.47. The number of para-hydroxylation sites is 2. The number of hydrogen-bond acceptors (Lipinski definition) is 3. The van der Waals surface area contributed by atoms with Crippen molar-refractivity contribution in [1.29, 1.82) is 0 Å². The Hall–Kier alpha value is -4.21. The maximum absolute atomic E-state index is 5.36. The van der Waals surface area contributed by atoms with Crippen molar-refractivity contribution >= 4 is 27.2 Å². The van der Waals surface area contributed by atoms with Crippen LogP contribution in [0.25, 0.3) is 43.0 Å². The van der Waals surface area contributed by atoms with Crippen molar-refractivity contribution in [2.75, 3.05) is 5.73 Å². The van der Waals surface area contributed by atoms with Gasteiger partial charge in [0.15, 0.2) is 0 Å². The van der Waals surface area contributed by atoms with Gasteiger partial charge in [-0.3, -0.25) is 0 Å². The normalized spacial score (nSPS) is 11.4. The minimum atomic E-state index is 0.822. The van der Waals surface area contributed by atoms with Crippen molar-refractivity contribution in [3.8, 4) is 32.8 Å². The van der Waals surface area contributed by atoms with Crippen LogP contribution in [-0.2, 0) is 6.42 Å². The Morgan fingerprint density at radius 3 is 2.00 bits per heavy atom. The third-order valence-corrected chi connectivity index (χ3v) is 7.47. The van der Waals surface area contributed by atoms with Gasteiger partial charge in [0.1, 0.15) is 5.01 Å². The molecule has 3 heteroatoms. The molecule has 1 aliphatic carbocycles. The first-order chi connectivity index (χ1) is 17.3. The first-order valence-electron chi connectivity index (χ1n) is 11.7. The lowest BCUT2D eigenvalue weighted by molar-refractivity contribution is 1.26. The summed E-state index contributed by atoms with van der Waals surface area (Å²) in [6.45, 7) is 0. The van der Waals surface area contributed by atoms with Crippen LogP contribution >= 0.6 is 11.3 Å². The second-order valence-corrected chi connectivity index (χ2v) is 9.67. The van der Waals surface area contributed by atoms with Crippen molar-refractivity contribution in [2.24, 2.45) is 0 Å². The molecule has 1 heterocycles. The molecule has 0 saturated heterocycles. The van der Waals surface area contributed by atoms with E-state index >= 15 is 0 Å². The van der Waals surface area contributed by atoms with E-state index in [1.807, 2.05) is 36.4 Å². The molecule has 5 aromatic carbocycles. The highest BCUT2D eigenvalue weighted by molar-refractivity contribution is 7.21. The van der Waals surface area contributed by atoms with Gasteiger partial charge in [-0.15, -0.1) is 11.3 Å². The van der Waals surface area contributed by atoms with E-state index in [1.165, 1.54) is 43.6 Å². The number of nitrogens with zero attached hydrogens (tertiary/aromatic N) is 1.